The summed E-state index contributed by atoms with van der Waals surface area (Å²) in [5, 5.41) is 19.2. The van der Waals surface area contributed by atoms with Gasteiger partial charge < -0.3 is 10.4 Å². The third-order valence-corrected chi connectivity index (χ3v) is 2.77. The second kappa shape index (κ2) is 5.70. The molecule has 17 heavy (non-hydrogen) atoms. The lowest BCUT2D eigenvalue weighted by atomic mass is 10.1. The van der Waals surface area contributed by atoms with Crippen LogP contribution in [0.4, 0.5) is 5.69 Å². The van der Waals surface area contributed by atoms with Gasteiger partial charge in [0.15, 0.2) is 0 Å². The molecule has 0 amide bonds. The van der Waals surface area contributed by atoms with Gasteiger partial charge in [-0.05, 0) is 23.8 Å². The molecule has 2 rings (SSSR count). The number of benzene rings is 1. The molecule has 2 aromatic rings. The van der Waals surface area contributed by atoms with Crippen molar-refractivity contribution in [2.24, 2.45) is 0 Å². The average Bonchev–Trinajstić information content (AvgIpc) is 2.90. The number of aromatic nitrogens is 2. The Morgan fingerprint density at radius 2 is 2.06 bits per heavy atom. The highest BCUT2D eigenvalue weighted by atomic mass is 35.5. The fourth-order valence-electron chi connectivity index (χ4n) is 1.47. The van der Waals surface area contributed by atoms with Crippen LogP contribution < -0.4 is 5.32 Å². The van der Waals surface area contributed by atoms with Crippen molar-refractivity contribution < 1.29 is 5.11 Å². The van der Waals surface area contributed by atoms with Crippen LogP contribution in [0.25, 0.3) is 11.3 Å². The molecule has 0 fully saturated rings. The molecule has 1 heterocycles. The molecule has 0 aliphatic heterocycles. The van der Waals surface area contributed by atoms with Crippen molar-refractivity contribution in [3.8, 4) is 11.3 Å². The summed E-state index contributed by atoms with van der Waals surface area (Å²) in [4.78, 5) is 0. The predicted octanol–water partition coefficient (Wildman–Crippen LogP) is 2.09. The van der Waals surface area contributed by atoms with Crippen molar-refractivity contribution >= 4 is 17.3 Å². The second-order valence-corrected chi connectivity index (χ2v) is 4.05. The molecule has 4 nitrogen and oxygen atoms in total. The molecule has 90 valence electrons. The molecule has 0 aliphatic carbocycles. The van der Waals surface area contributed by atoms with Crippen molar-refractivity contribution in [2.75, 3.05) is 17.7 Å². The minimum atomic E-state index is -0.524. The van der Waals surface area contributed by atoms with Gasteiger partial charge in [-0.25, -0.2) is 0 Å². The Kier molecular flexibility index (Phi) is 4.01. The van der Waals surface area contributed by atoms with Gasteiger partial charge in [0.1, 0.15) is 0 Å². The Bertz CT molecular complexity index is 441. The lowest BCUT2D eigenvalue weighted by Crippen LogP contribution is -2.20. The highest BCUT2D eigenvalue weighted by molar-refractivity contribution is 6.18. The van der Waals surface area contributed by atoms with Gasteiger partial charge in [-0.3, -0.25) is 5.10 Å². The molecule has 0 saturated carbocycles. The van der Waals surface area contributed by atoms with Gasteiger partial charge in [-0.15, -0.1) is 11.6 Å². The van der Waals surface area contributed by atoms with Crippen LogP contribution in [0.2, 0.25) is 0 Å². The smallest absolute Gasteiger partial charge is 0.0847 e. The monoisotopic (exact) mass is 251 g/mol. The van der Waals surface area contributed by atoms with Crippen LogP contribution in [-0.2, 0) is 0 Å². The van der Waals surface area contributed by atoms with E-state index in [-0.39, 0.29) is 5.88 Å². The highest BCUT2D eigenvalue weighted by Gasteiger charge is 2.02. The minimum Gasteiger partial charge on any atom is -0.390 e. The molecule has 1 atom stereocenters. The molecule has 0 spiro atoms. The number of rotatable bonds is 5. The summed E-state index contributed by atoms with van der Waals surface area (Å²) in [6.07, 6.45) is 1.20. The SMILES string of the molecule is OC(CCl)CNc1ccc(-c2ccn[nH]2)cc1. The number of nitrogens with one attached hydrogen (secondary N) is 2. The summed E-state index contributed by atoms with van der Waals surface area (Å²) in [6, 6.07) is 9.81. The van der Waals surface area contributed by atoms with E-state index in [2.05, 4.69) is 15.5 Å². The number of hydrogen-bond acceptors (Lipinski definition) is 3. The summed E-state index contributed by atoms with van der Waals surface area (Å²) in [5.74, 6) is 0.235. The first kappa shape index (κ1) is 12.0. The van der Waals surface area contributed by atoms with Crippen molar-refractivity contribution in [2.45, 2.75) is 6.10 Å². The molecule has 1 unspecified atom stereocenters. The van der Waals surface area contributed by atoms with Gasteiger partial charge in [-0.2, -0.15) is 5.10 Å². The third-order valence-electron chi connectivity index (χ3n) is 2.42. The zero-order valence-corrected chi connectivity index (χ0v) is 9.98. The molecule has 1 aromatic heterocycles. The highest BCUT2D eigenvalue weighted by Crippen LogP contribution is 2.18. The van der Waals surface area contributed by atoms with Gasteiger partial charge in [0.2, 0.25) is 0 Å². The van der Waals surface area contributed by atoms with E-state index in [0.717, 1.165) is 16.9 Å². The largest absolute Gasteiger partial charge is 0.390 e. The lowest BCUT2D eigenvalue weighted by molar-refractivity contribution is 0.211. The van der Waals surface area contributed by atoms with E-state index in [1.165, 1.54) is 0 Å². The summed E-state index contributed by atoms with van der Waals surface area (Å²) in [6.45, 7) is 0.451. The Hall–Kier alpha value is -1.52. The predicted molar refractivity (Wildman–Crippen MR) is 69.2 cm³/mol. The third kappa shape index (κ3) is 3.22. The van der Waals surface area contributed by atoms with Crippen molar-refractivity contribution in [3.05, 3.63) is 36.5 Å². The number of H-pyrrole nitrogens is 1. The zero-order valence-electron chi connectivity index (χ0n) is 9.23. The van der Waals surface area contributed by atoms with Crippen LogP contribution in [-0.4, -0.2) is 33.8 Å². The number of aliphatic hydroxyl groups excluding tert-OH is 1. The number of aromatic amines is 1. The normalized spacial score (nSPS) is 12.4. The maximum absolute atomic E-state index is 9.32. The number of hydrogen-bond donors (Lipinski definition) is 3. The Morgan fingerprint density at radius 1 is 1.29 bits per heavy atom. The van der Waals surface area contributed by atoms with E-state index in [1.807, 2.05) is 30.3 Å². The van der Waals surface area contributed by atoms with Crippen molar-refractivity contribution in [1.82, 2.24) is 10.2 Å². The molecule has 3 N–H and O–H groups in total. The van der Waals surface area contributed by atoms with Crippen molar-refractivity contribution in [3.63, 3.8) is 0 Å². The van der Waals surface area contributed by atoms with E-state index >= 15 is 0 Å². The Labute approximate surface area is 105 Å². The maximum atomic E-state index is 9.32. The Balaban J connectivity index is 1.99. The molecule has 0 bridgehead atoms. The minimum absolute atomic E-state index is 0.235. The van der Waals surface area contributed by atoms with E-state index in [1.54, 1.807) is 6.20 Å². The topological polar surface area (TPSA) is 60.9 Å². The quantitative estimate of drug-likeness (QED) is 0.713. The van der Waals surface area contributed by atoms with Gasteiger partial charge in [0.25, 0.3) is 0 Å². The molecule has 0 saturated heterocycles. The second-order valence-electron chi connectivity index (χ2n) is 3.74. The summed E-state index contributed by atoms with van der Waals surface area (Å²) >= 11 is 5.51. The fraction of sp³-hybridized carbons (Fsp3) is 0.250. The van der Waals surface area contributed by atoms with Gasteiger partial charge in [0, 0.05) is 18.4 Å². The van der Waals surface area contributed by atoms with Crippen LogP contribution in [0, 0.1) is 0 Å². The van der Waals surface area contributed by atoms with Crippen LogP contribution in [0.1, 0.15) is 0 Å². The molecule has 1 aromatic carbocycles. The molecule has 5 heteroatoms. The van der Waals surface area contributed by atoms with Gasteiger partial charge in [0.05, 0.1) is 17.7 Å². The molecule has 0 aliphatic rings. The van der Waals surface area contributed by atoms with Crippen LogP contribution in [0.15, 0.2) is 36.5 Å². The molecular weight excluding hydrogens is 238 g/mol. The summed E-state index contributed by atoms with van der Waals surface area (Å²) < 4.78 is 0. The van der Waals surface area contributed by atoms with Gasteiger partial charge >= 0.3 is 0 Å². The maximum Gasteiger partial charge on any atom is 0.0847 e. The molecule has 0 radical (unpaired) electrons. The van der Waals surface area contributed by atoms with E-state index in [0.29, 0.717) is 6.54 Å². The van der Waals surface area contributed by atoms with Crippen LogP contribution in [0.3, 0.4) is 0 Å². The molecular formula is C12H14ClN3O. The van der Waals surface area contributed by atoms with Crippen LogP contribution in [0.5, 0.6) is 0 Å². The zero-order chi connectivity index (χ0) is 12.1. The first-order valence-corrected chi connectivity index (χ1v) is 5.91. The van der Waals surface area contributed by atoms with Gasteiger partial charge in [-0.1, -0.05) is 12.1 Å². The standard InChI is InChI=1S/C12H14ClN3O/c13-7-11(17)8-14-10-3-1-9(2-4-10)12-5-6-15-16-12/h1-6,11,14,17H,7-8H2,(H,15,16). The first-order chi connectivity index (χ1) is 8.29. The Morgan fingerprint density at radius 3 is 2.65 bits per heavy atom. The summed E-state index contributed by atoms with van der Waals surface area (Å²) in [7, 11) is 0. The lowest BCUT2D eigenvalue weighted by Gasteiger charge is -2.10. The number of aliphatic hydroxyl groups is 1. The van der Waals surface area contributed by atoms with Crippen molar-refractivity contribution in [1.29, 1.82) is 0 Å². The van der Waals surface area contributed by atoms with E-state index in [4.69, 9.17) is 11.6 Å². The fourth-order valence-corrected chi connectivity index (χ4v) is 1.58. The summed E-state index contributed by atoms with van der Waals surface area (Å²) in [5.41, 5.74) is 3.01. The number of alkyl halides is 1. The number of anilines is 1. The first-order valence-electron chi connectivity index (χ1n) is 5.37. The van der Waals surface area contributed by atoms with E-state index < -0.39 is 6.10 Å². The average molecular weight is 252 g/mol. The van der Waals surface area contributed by atoms with E-state index in [9.17, 15) is 5.11 Å². The number of halogens is 1. The van der Waals surface area contributed by atoms with Crippen LogP contribution >= 0.6 is 11.6 Å². The number of nitrogens with zero attached hydrogens (tertiary/aromatic N) is 1.